The Hall–Kier alpha value is -0.0513. The predicted molar refractivity (Wildman–Crippen MR) is 82.4 cm³/mol. The van der Waals surface area contributed by atoms with Gasteiger partial charge in [0.05, 0.1) is 0 Å². The number of carbonyl (C=O) groups is 1. The van der Waals surface area contributed by atoms with Crippen LogP contribution in [0, 0.1) is 5.41 Å². The summed E-state index contributed by atoms with van der Waals surface area (Å²) in [7, 11) is 0. The van der Waals surface area contributed by atoms with E-state index in [1.807, 2.05) is 6.08 Å². The molecule has 1 nitrogen and oxygen atoms in total. The summed E-state index contributed by atoms with van der Waals surface area (Å²) in [5.74, 6) is 0.319. The Morgan fingerprint density at radius 3 is 2.56 bits per heavy atom. The van der Waals surface area contributed by atoms with Crippen LogP contribution in [0.25, 0.3) is 0 Å². The molecule has 1 unspecified atom stereocenters. The Morgan fingerprint density at radius 2 is 2.06 bits per heavy atom. The molecule has 0 saturated carbocycles. The molecule has 0 saturated heterocycles. The second-order valence-corrected chi connectivity index (χ2v) is 22.0. The molecule has 0 aliphatic heterocycles. The predicted octanol–water partition coefficient (Wildman–Crippen LogP) is 4.91. The second-order valence-electron chi connectivity index (χ2n) is 6.89. The molecule has 0 fully saturated rings. The van der Waals surface area contributed by atoms with Crippen LogP contribution in [0.2, 0.25) is 14.8 Å². The third-order valence-corrected chi connectivity index (χ3v) is 11.8. The fourth-order valence-electron chi connectivity index (χ4n) is 2.45. The van der Waals surface area contributed by atoms with E-state index in [2.05, 4.69) is 41.7 Å². The van der Waals surface area contributed by atoms with E-state index >= 15 is 0 Å². The number of hydrogen-bond donors (Lipinski definition) is 0. The summed E-state index contributed by atoms with van der Waals surface area (Å²) in [5.41, 5.74) is 1.58. The van der Waals surface area contributed by atoms with E-state index in [-0.39, 0.29) is 5.41 Å². The molecule has 0 radical (unpaired) electrons. The molecular weight excluding hydrogens is 327 g/mol. The van der Waals surface area contributed by atoms with Gasteiger partial charge in [-0.25, -0.2) is 0 Å². The number of rotatable bonds is 4. The second kappa shape index (κ2) is 5.94. The van der Waals surface area contributed by atoms with Crippen LogP contribution >= 0.6 is 0 Å². The quantitative estimate of drug-likeness (QED) is 0.656. The summed E-state index contributed by atoms with van der Waals surface area (Å²) in [6.07, 6.45) is 8.25. The van der Waals surface area contributed by atoms with E-state index in [1.165, 1.54) is 5.57 Å². The average molecular weight is 355 g/mol. The number of hydrogen-bond acceptors (Lipinski definition) is 1. The summed E-state index contributed by atoms with van der Waals surface area (Å²) in [5, 5.41) is 0. The summed E-state index contributed by atoms with van der Waals surface area (Å²) in [6, 6.07) is 0. The van der Waals surface area contributed by atoms with Crippen molar-refractivity contribution in [1.29, 1.82) is 0 Å². The van der Waals surface area contributed by atoms with E-state index in [1.54, 1.807) is 3.59 Å². The van der Waals surface area contributed by atoms with Crippen LogP contribution in [0.15, 0.2) is 21.3 Å². The zero-order chi connectivity index (χ0) is 14.0. The van der Waals surface area contributed by atoms with E-state index in [9.17, 15) is 4.79 Å². The molecule has 0 aromatic rings. The maximum absolute atomic E-state index is 11.5. The van der Waals surface area contributed by atoms with Crippen molar-refractivity contribution in [3.05, 3.63) is 21.3 Å². The zero-order valence-electron chi connectivity index (χ0n) is 12.9. The first-order valence-corrected chi connectivity index (χ1v) is 17.1. The summed E-state index contributed by atoms with van der Waals surface area (Å²) >= 11 is -1.86. The molecule has 0 amide bonds. The third-order valence-electron chi connectivity index (χ3n) is 4.46. The monoisotopic (exact) mass is 356 g/mol. The van der Waals surface area contributed by atoms with Gasteiger partial charge in [-0.3, -0.25) is 0 Å². The molecule has 2 heteroatoms. The van der Waals surface area contributed by atoms with Crippen molar-refractivity contribution < 1.29 is 4.79 Å². The molecule has 0 N–H and O–H groups in total. The fourth-order valence-corrected chi connectivity index (χ4v) is 4.49. The molecule has 102 valence electrons. The van der Waals surface area contributed by atoms with Gasteiger partial charge in [-0.15, -0.1) is 0 Å². The van der Waals surface area contributed by atoms with E-state index in [4.69, 9.17) is 0 Å². The van der Waals surface area contributed by atoms with Crippen molar-refractivity contribution in [2.45, 2.75) is 61.3 Å². The van der Waals surface area contributed by atoms with Crippen molar-refractivity contribution in [3.63, 3.8) is 0 Å². The molecule has 0 bridgehead atoms. The van der Waals surface area contributed by atoms with Crippen LogP contribution in [-0.4, -0.2) is 24.2 Å². The first-order chi connectivity index (χ1) is 8.19. The van der Waals surface area contributed by atoms with Gasteiger partial charge in [0.25, 0.3) is 0 Å². The van der Waals surface area contributed by atoms with Crippen molar-refractivity contribution in [3.8, 4) is 0 Å². The molecule has 0 aromatic heterocycles. The zero-order valence-corrected chi connectivity index (χ0v) is 15.7. The topological polar surface area (TPSA) is 17.1 Å². The van der Waals surface area contributed by atoms with Gasteiger partial charge < -0.3 is 0 Å². The van der Waals surface area contributed by atoms with Crippen LogP contribution in [0.1, 0.15) is 46.5 Å². The van der Waals surface area contributed by atoms with Gasteiger partial charge >= 0.3 is 117 Å². The van der Waals surface area contributed by atoms with Gasteiger partial charge in [-0.2, -0.15) is 0 Å². The Kier molecular flexibility index (Phi) is 5.28. The van der Waals surface area contributed by atoms with Crippen molar-refractivity contribution in [2.24, 2.45) is 5.41 Å². The third kappa shape index (κ3) is 3.97. The van der Waals surface area contributed by atoms with Gasteiger partial charge in [-0.05, 0) is 0 Å². The fraction of sp³-hybridized carbons (Fsp3) is 0.688. The Labute approximate surface area is 117 Å². The van der Waals surface area contributed by atoms with Crippen LogP contribution in [0.3, 0.4) is 0 Å². The molecule has 0 spiro atoms. The first-order valence-electron chi connectivity index (χ1n) is 7.10. The van der Waals surface area contributed by atoms with Crippen molar-refractivity contribution in [2.75, 3.05) is 0 Å². The molecular formula is C16H28OSn. The van der Waals surface area contributed by atoms with Gasteiger partial charge in [0.2, 0.25) is 0 Å². The Bertz CT molecular complexity index is 384. The molecule has 1 atom stereocenters. The summed E-state index contributed by atoms with van der Waals surface area (Å²) in [4.78, 5) is 18.9. The Balaban J connectivity index is 2.89. The standard InChI is InChI=1S/C13H19O.3CH3.Sn/c1-4-6-8-13(3)9-7-12(14)10-11(13)5-2;;;;/h6,10H,5,7-9H2,1-3H3;3*1H3;. The summed E-state index contributed by atoms with van der Waals surface area (Å²) < 4.78 is 1.65. The van der Waals surface area contributed by atoms with Gasteiger partial charge in [-0.1, -0.05) is 0 Å². The SMILES string of the molecule is CCC1=CC(=O)CCC1(C)C/C=[C](\C)[Sn]([CH3])([CH3])[CH3]. The minimum absolute atomic E-state index is 0.223. The summed E-state index contributed by atoms with van der Waals surface area (Å²) in [6.45, 7) is 6.81. The minimum atomic E-state index is -1.86. The van der Waals surface area contributed by atoms with Crippen molar-refractivity contribution in [1.82, 2.24) is 0 Å². The van der Waals surface area contributed by atoms with Crippen molar-refractivity contribution >= 4 is 24.2 Å². The van der Waals surface area contributed by atoms with E-state index in [0.29, 0.717) is 5.78 Å². The van der Waals surface area contributed by atoms with Crippen LogP contribution < -0.4 is 0 Å². The van der Waals surface area contributed by atoms with E-state index in [0.717, 1.165) is 25.7 Å². The average Bonchev–Trinajstić information content (AvgIpc) is 2.28. The van der Waals surface area contributed by atoms with E-state index < -0.39 is 18.4 Å². The number of carbonyl (C=O) groups excluding carboxylic acids is 1. The number of ketones is 1. The molecule has 18 heavy (non-hydrogen) atoms. The normalized spacial score (nSPS) is 26.2. The maximum atomic E-state index is 11.5. The molecule has 1 rings (SSSR count). The van der Waals surface area contributed by atoms with Crippen LogP contribution in [-0.2, 0) is 4.79 Å². The molecule has 0 heterocycles. The molecule has 1 aliphatic carbocycles. The van der Waals surface area contributed by atoms with Gasteiger partial charge in [0.1, 0.15) is 0 Å². The molecule has 0 aromatic carbocycles. The van der Waals surface area contributed by atoms with Crippen LogP contribution in [0.4, 0.5) is 0 Å². The number of allylic oxidation sites excluding steroid dienone is 4. The molecule has 1 aliphatic rings. The van der Waals surface area contributed by atoms with Gasteiger partial charge in [0, 0.05) is 0 Å². The first kappa shape index (κ1) is 16.0. The Morgan fingerprint density at radius 1 is 1.44 bits per heavy atom. The van der Waals surface area contributed by atoms with Gasteiger partial charge in [0.15, 0.2) is 0 Å². The van der Waals surface area contributed by atoms with Crippen LogP contribution in [0.5, 0.6) is 0 Å².